The van der Waals surface area contributed by atoms with Gasteiger partial charge in [-0.1, -0.05) is 23.5 Å². The monoisotopic (exact) mass is 271 g/mol. The second kappa shape index (κ2) is 4.85. The Labute approximate surface area is 114 Å². The first-order chi connectivity index (χ1) is 9.22. The van der Waals surface area contributed by atoms with Gasteiger partial charge in [0.25, 0.3) is 0 Å². The van der Waals surface area contributed by atoms with Crippen molar-refractivity contribution in [2.75, 3.05) is 5.43 Å². The molecule has 19 heavy (non-hydrogen) atoms. The van der Waals surface area contributed by atoms with Crippen molar-refractivity contribution in [3.8, 4) is 0 Å². The number of furan rings is 1. The molecule has 1 aromatic carbocycles. The Balaban J connectivity index is 1.81. The van der Waals surface area contributed by atoms with Crippen molar-refractivity contribution in [2.24, 2.45) is 5.10 Å². The lowest BCUT2D eigenvalue weighted by Gasteiger charge is -1.96. The Morgan fingerprint density at radius 3 is 2.84 bits per heavy atom. The number of fused-ring (bicyclic) bond motifs is 1. The Hall–Kier alpha value is -2.14. The summed E-state index contributed by atoms with van der Waals surface area (Å²) >= 11 is 1.58. The Kier molecular flexibility index (Phi) is 3.05. The number of benzene rings is 1. The molecule has 3 aromatic rings. The van der Waals surface area contributed by atoms with Gasteiger partial charge in [-0.3, -0.25) is 5.43 Å². The molecule has 0 spiro atoms. The molecule has 0 saturated carbocycles. The zero-order valence-corrected chi connectivity index (χ0v) is 11.5. The molecule has 0 atom stereocenters. The van der Waals surface area contributed by atoms with Gasteiger partial charge >= 0.3 is 0 Å². The van der Waals surface area contributed by atoms with E-state index < -0.39 is 0 Å². The van der Waals surface area contributed by atoms with Crippen molar-refractivity contribution in [1.82, 2.24) is 4.98 Å². The normalized spacial score (nSPS) is 12.0. The van der Waals surface area contributed by atoms with Gasteiger partial charge in [-0.15, -0.1) is 0 Å². The molecule has 0 saturated heterocycles. The average molecular weight is 271 g/mol. The van der Waals surface area contributed by atoms with Gasteiger partial charge in [-0.25, -0.2) is 4.98 Å². The third-order valence-corrected chi connectivity index (χ3v) is 3.65. The fourth-order valence-corrected chi connectivity index (χ4v) is 2.54. The fraction of sp³-hybridized carbons (Fsp3) is 0.143. The molecule has 0 bridgehead atoms. The number of hydrogen-bond acceptors (Lipinski definition) is 5. The highest BCUT2D eigenvalue weighted by Crippen LogP contribution is 2.25. The first-order valence-corrected chi connectivity index (χ1v) is 6.77. The molecule has 0 aliphatic carbocycles. The first-order valence-electron chi connectivity index (χ1n) is 5.95. The largest absolute Gasteiger partial charge is 0.460 e. The van der Waals surface area contributed by atoms with Crippen LogP contribution in [0.25, 0.3) is 10.2 Å². The highest BCUT2D eigenvalue weighted by molar-refractivity contribution is 7.22. The van der Waals surface area contributed by atoms with E-state index in [-0.39, 0.29) is 0 Å². The number of hydrogen-bond donors (Lipinski definition) is 1. The average Bonchev–Trinajstić information content (AvgIpc) is 3.01. The number of thiazole rings is 1. The van der Waals surface area contributed by atoms with E-state index in [2.05, 4.69) is 15.5 Å². The summed E-state index contributed by atoms with van der Waals surface area (Å²) in [5.41, 5.74) is 4.76. The Bertz CT molecular complexity index is 709. The molecule has 0 unspecified atom stereocenters. The van der Waals surface area contributed by atoms with Crippen LogP contribution in [0.5, 0.6) is 0 Å². The van der Waals surface area contributed by atoms with Crippen LogP contribution in [-0.4, -0.2) is 10.7 Å². The highest BCUT2D eigenvalue weighted by Gasteiger charge is 2.04. The van der Waals surface area contributed by atoms with Crippen molar-refractivity contribution in [3.05, 3.63) is 47.9 Å². The standard InChI is InChI=1S/C14H13N3OS/c1-9-7-8-12(18-9)10(2)16-17-14-15-11-5-3-4-6-13(11)19-14/h3-8H,1-2H3,(H,15,17)/b16-10-. The second-order valence-electron chi connectivity index (χ2n) is 4.21. The van der Waals surface area contributed by atoms with Crippen LogP contribution in [-0.2, 0) is 0 Å². The molecular formula is C14H13N3OS. The Morgan fingerprint density at radius 1 is 1.26 bits per heavy atom. The van der Waals surface area contributed by atoms with Crippen LogP contribution in [0.1, 0.15) is 18.4 Å². The summed E-state index contributed by atoms with van der Waals surface area (Å²) in [6, 6.07) is 11.9. The lowest BCUT2D eigenvalue weighted by Crippen LogP contribution is -1.97. The van der Waals surface area contributed by atoms with Gasteiger partial charge in [0.2, 0.25) is 5.13 Å². The summed E-state index contributed by atoms with van der Waals surface area (Å²) in [7, 11) is 0. The molecule has 4 nitrogen and oxygen atoms in total. The molecule has 1 N–H and O–H groups in total. The number of aryl methyl sites for hydroxylation is 1. The van der Waals surface area contributed by atoms with Crippen molar-refractivity contribution >= 4 is 32.4 Å². The number of anilines is 1. The molecule has 5 heteroatoms. The molecule has 0 amide bonds. The molecule has 0 aliphatic rings. The summed E-state index contributed by atoms with van der Waals surface area (Å²) in [6.07, 6.45) is 0. The van der Waals surface area contributed by atoms with Gasteiger partial charge in [-0.2, -0.15) is 5.10 Å². The summed E-state index contributed by atoms with van der Waals surface area (Å²) in [4.78, 5) is 4.45. The summed E-state index contributed by atoms with van der Waals surface area (Å²) in [5, 5.41) is 5.08. The topological polar surface area (TPSA) is 50.4 Å². The maximum Gasteiger partial charge on any atom is 0.204 e. The molecule has 96 valence electrons. The van der Waals surface area contributed by atoms with E-state index in [0.29, 0.717) is 0 Å². The quantitative estimate of drug-likeness (QED) is 0.578. The van der Waals surface area contributed by atoms with Crippen molar-refractivity contribution < 1.29 is 4.42 Å². The van der Waals surface area contributed by atoms with E-state index in [0.717, 1.165) is 32.6 Å². The van der Waals surface area contributed by atoms with Gasteiger partial charge in [0.15, 0.2) is 0 Å². The first kappa shape index (κ1) is 11.9. The maximum absolute atomic E-state index is 5.50. The molecular weight excluding hydrogens is 258 g/mol. The molecule has 0 radical (unpaired) electrons. The van der Waals surface area contributed by atoms with Crippen molar-refractivity contribution in [1.29, 1.82) is 0 Å². The van der Waals surface area contributed by atoms with Gasteiger partial charge in [0.1, 0.15) is 17.2 Å². The number of para-hydroxylation sites is 1. The maximum atomic E-state index is 5.50. The lowest BCUT2D eigenvalue weighted by molar-refractivity contribution is 0.525. The minimum atomic E-state index is 0.770. The number of aromatic nitrogens is 1. The highest BCUT2D eigenvalue weighted by atomic mass is 32.1. The summed E-state index contributed by atoms with van der Waals surface area (Å²) < 4.78 is 6.65. The predicted octanol–water partition coefficient (Wildman–Crippen LogP) is 4.03. The van der Waals surface area contributed by atoms with Crippen LogP contribution in [0.2, 0.25) is 0 Å². The van der Waals surface area contributed by atoms with Crippen molar-refractivity contribution in [2.45, 2.75) is 13.8 Å². The van der Waals surface area contributed by atoms with Gasteiger partial charge in [-0.05, 0) is 38.1 Å². The van der Waals surface area contributed by atoms with Crippen LogP contribution in [0.3, 0.4) is 0 Å². The van der Waals surface area contributed by atoms with Crippen LogP contribution in [0, 0.1) is 6.92 Å². The van der Waals surface area contributed by atoms with Crippen LogP contribution >= 0.6 is 11.3 Å². The van der Waals surface area contributed by atoms with Crippen LogP contribution in [0.4, 0.5) is 5.13 Å². The fourth-order valence-electron chi connectivity index (χ4n) is 1.74. The smallest absolute Gasteiger partial charge is 0.204 e. The van der Waals surface area contributed by atoms with Crippen molar-refractivity contribution in [3.63, 3.8) is 0 Å². The summed E-state index contributed by atoms with van der Waals surface area (Å²) in [6.45, 7) is 3.82. The minimum absolute atomic E-state index is 0.770. The van der Waals surface area contributed by atoms with E-state index in [4.69, 9.17) is 4.42 Å². The van der Waals surface area contributed by atoms with Crippen LogP contribution < -0.4 is 5.43 Å². The van der Waals surface area contributed by atoms with E-state index >= 15 is 0 Å². The molecule has 2 heterocycles. The SMILES string of the molecule is C/C(=N/Nc1nc2ccccc2s1)c1ccc(C)o1. The van der Waals surface area contributed by atoms with E-state index in [9.17, 15) is 0 Å². The van der Waals surface area contributed by atoms with E-state index in [1.54, 1.807) is 11.3 Å². The van der Waals surface area contributed by atoms with Gasteiger partial charge in [0, 0.05) is 0 Å². The Morgan fingerprint density at radius 2 is 2.11 bits per heavy atom. The van der Waals surface area contributed by atoms with Gasteiger partial charge in [0.05, 0.1) is 10.2 Å². The minimum Gasteiger partial charge on any atom is -0.460 e. The third kappa shape index (κ3) is 2.51. The van der Waals surface area contributed by atoms with Gasteiger partial charge < -0.3 is 4.42 Å². The second-order valence-corrected chi connectivity index (χ2v) is 5.24. The number of nitrogens with zero attached hydrogens (tertiary/aromatic N) is 2. The summed E-state index contributed by atoms with van der Waals surface area (Å²) in [5.74, 6) is 1.65. The molecule has 3 rings (SSSR count). The predicted molar refractivity (Wildman–Crippen MR) is 78.9 cm³/mol. The molecule has 0 fully saturated rings. The number of nitrogens with one attached hydrogen (secondary N) is 1. The number of rotatable bonds is 3. The lowest BCUT2D eigenvalue weighted by atomic mass is 10.3. The molecule has 0 aliphatic heterocycles. The zero-order chi connectivity index (χ0) is 13.2. The van der Waals surface area contributed by atoms with Crippen LogP contribution in [0.15, 0.2) is 45.9 Å². The van der Waals surface area contributed by atoms with E-state index in [1.807, 2.05) is 50.2 Å². The molecule has 2 aromatic heterocycles. The zero-order valence-electron chi connectivity index (χ0n) is 10.7. The third-order valence-electron chi connectivity index (χ3n) is 2.71. The number of hydrazone groups is 1. The van der Waals surface area contributed by atoms with E-state index in [1.165, 1.54) is 0 Å².